The number of para-hydroxylation sites is 1. The Labute approximate surface area is 154 Å². The molecule has 1 heterocycles. The van der Waals surface area contributed by atoms with Gasteiger partial charge in [-0.05, 0) is 30.2 Å². The molecule has 0 spiro atoms. The van der Waals surface area contributed by atoms with Gasteiger partial charge in [0.1, 0.15) is 0 Å². The minimum Gasteiger partial charge on any atom is -0.362 e. The largest absolute Gasteiger partial charge is 0.362 e. The van der Waals surface area contributed by atoms with Crippen molar-refractivity contribution < 1.29 is 4.79 Å². The van der Waals surface area contributed by atoms with E-state index in [-0.39, 0.29) is 5.78 Å². The summed E-state index contributed by atoms with van der Waals surface area (Å²) in [4.78, 5) is 15.0. The SMILES string of the molecule is Cc1ccc(C(=O)C=C2CN(Cc3ccccc3)c3ccccc32)cc1. The van der Waals surface area contributed by atoms with Gasteiger partial charge in [-0.1, -0.05) is 78.4 Å². The quantitative estimate of drug-likeness (QED) is 0.476. The van der Waals surface area contributed by atoms with Gasteiger partial charge in [0.05, 0.1) is 0 Å². The summed E-state index contributed by atoms with van der Waals surface area (Å²) in [6.45, 7) is 3.63. The highest BCUT2D eigenvalue weighted by atomic mass is 16.1. The Hall–Kier alpha value is -3.13. The second kappa shape index (κ2) is 7.01. The van der Waals surface area contributed by atoms with E-state index < -0.39 is 0 Å². The topological polar surface area (TPSA) is 20.3 Å². The van der Waals surface area contributed by atoms with Crippen LogP contribution in [0.1, 0.15) is 27.0 Å². The summed E-state index contributed by atoms with van der Waals surface area (Å²) < 4.78 is 0. The van der Waals surface area contributed by atoms with Gasteiger partial charge in [0, 0.05) is 29.9 Å². The van der Waals surface area contributed by atoms with Crippen LogP contribution in [-0.4, -0.2) is 12.3 Å². The van der Waals surface area contributed by atoms with Gasteiger partial charge in [0.25, 0.3) is 0 Å². The zero-order chi connectivity index (χ0) is 17.9. The zero-order valence-electron chi connectivity index (χ0n) is 14.9. The minimum atomic E-state index is 0.0661. The molecular weight excluding hydrogens is 318 g/mol. The number of ketones is 1. The molecule has 0 aliphatic carbocycles. The van der Waals surface area contributed by atoms with E-state index in [1.165, 1.54) is 11.3 Å². The molecule has 1 aliphatic rings. The second-order valence-corrected chi connectivity index (χ2v) is 6.76. The Balaban J connectivity index is 1.63. The average molecular weight is 339 g/mol. The molecule has 0 amide bonds. The minimum absolute atomic E-state index is 0.0661. The van der Waals surface area contributed by atoms with Gasteiger partial charge in [-0.2, -0.15) is 0 Å². The van der Waals surface area contributed by atoms with Crippen molar-refractivity contribution in [2.24, 2.45) is 0 Å². The predicted molar refractivity (Wildman–Crippen MR) is 107 cm³/mol. The van der Waals surface area contributed by atoms with Gasteiger partial charge >= 0.3 is 0 Å². The molecule has 0 atom stereocenters. The molecule has 26 heavy (non-hydrogen) atoms. The van der Waals surface area contributed by atoms with Crippen molar-refractivity contribution in [2.45, 2.75) is 13.5 Å². The number of anilines is 1. The average Bonchev–Trinajstić information content (AvgIpc) is 3.01. The van der Waals surface area contributed by atoms with Gasteiger partial charge in [0.2, 0.25) is 0 Å². The Morgan fingerprint density at radius 2 is 1.62 bits per heavy atom. The fourth-order valence-corrected chi connectivity index (χ4v) is 3.42. The molecule has 3 aromatic rings. The number of benzene rings is 3. The molecule has 2 nitrogen and oxygen atoms in total. The molecule has 0 aromatic heterocycles. The maximum Gasteiger partial charge on any atom is 0.186 e. The third-order valence-electron chi connectivity index (χ3n) is 4.81. The lowest BCUT2D eigenvalue weighted by atomic mass is 10.0. The van der Waals surface area contributed by atoms with Gasteiger partial charge in [-0.15, -0.1) is 0 Å². The lowest BCUT2D eigenvalue weighted by Gasteiger charge is -2.19. The Morgan fingerprint density at radius 1 is 0.923 bits per heavy atom. The van der Waals surface area contributed by atoms with Crippen LogP contribution in [0, 0.1) is 6.92 Å². The molecule has 0 bridgehead atoms. The summed E-state index contributed by atoms with van der Waals surface area (Å²) in [5.74, 6) is 0.0661. The fraction of sp³-hybridized carbons (Fsp3) is 0.125. The van der Waals surface area contributed by atoms with Gasteiger partial charge in [-0.3, -0.25) is 4.79 Å². The zero-order valence-corrected chi connectivity index (χ0v) is 14.9. The second-order valence-electron chi connectivity index (χ2n) is 6.76. The molecule has 0 fully saturated rings. The summed E-state index contributed by atoms with van der Waals surface area (Å²) in [5, 5.41) is 0. The molecule has 3 aromatic carbocycles. The number of allylic oxidation sites excluding steroid dienone is 1. The molecule has 1 aliphatic heterocycles. The molecule has 0 saturated heterocycles. The molecule has 4 rings (SSSR count). The van der Waals surface area contributed by atoms with E-state index in [9.17, 15) is 4.79 Å². The maximum atomic E-state index is 12.7. The van der Waals surface area contributed by atoms with Crippen LogP contribution in [0.15, 0.2) is 84.9 Å². The van der Waals surface area contributed by atoms with Crippen LogP contribution in [0.3, 0.4) is 0 Å². The lowest BCUT2D eigenvalue weighted by Crippen LogP contribution is -2.19. The van der Waals surface area contributed by atoms with E-state index in [0.29, 0.717) is 0 Å². The van der Waals surface area contributed by atoms with E-state index in [4.69, 9.17) is 0 Å². The first-order valence-corrected chi connectivity index (χ1v) is 8.90. The van der Waals surface area contributed by atoms with Gasteiger partial charge in [-0.25, -0.2) is 0 Å². The molecule has 0 radical (unpaired) electrons. The number of hydrogen-bond acceptors (Lipinski definition) is 2. The van der Waals surface area contributed by atoms with Crippen molar-refractivity contribution in [1.82, 2.24) is 0 Å². The van der Waals surface area contributed by atoms with Crippen molar-refractivity contribution in [3.05, 3.63) is 107 Å². The van der Waals surface area contributed by atoms with Crippen LogP contribution in [0.2, 0.25) is 0 Å². The van der Waals surface area contributed by atoms with E-state index in [1.54, 1.807) is 6.08 Å². The van der Waals surface area contributed by atoms with Crippen LogP contribution in [-0.2, 0) is 6.54 Å². The van der Waals surface area contributed by atoms with Crippen molar-refractivity contribution in [2.75, 3.05) is 11.4 Å². The summed E-state index contributed by atoms with van der Waals surface area (Å²) in [5.41, 5.74) is 6.61. The highest BCUT2D eigenvalue weighted by Gasteiger charge is 2.23. The third kappa shape index (κ3) is 3.31. The van der Waals surface area contributed by atoms with Crippen LogP contribution in [0.4, 0.5) is 5.69 Å². The van der Waals surface area contributed by atoms with Crippen LogP contribution >= 0.6 is 0 Å². The van der Waals surface area contributed by atoms with Gasteiger partial charge < -0.3 is 4.90 Å². The standard InChI is InChI=1S/C24H21NO/c1-18-11-13-20(14-12-18)24(26)15-21-17-25(16-19-7-3-2-4-8-19)23-10-6-5-9-22(21)23/h2-15H,16-17H2,1H3. The number of fused-ring (bicyclic) bond motifs is 1. The number of rotatable bonds is 4. The first-order chi connectivity index (χ1) is 12.7. The van der Waals surface area contributed by atoms with Crippen molar-refractivity contribution >= 4 is 17.0 Å². The van der Waals surface area contributed by atoms with E-state index in [2.05, 4.69) is 47.4 Å². The van der Waals surface area contributed by atoms with Crippen LogP contribution < -0.4 is 4.90 Å². The van der Waals surface area contributed by atoms with E-state index in [1.807, 2.05) is 43.3 Å². The Morgan fingerprint density at radius 3 is 2.38 bits per heavy atom. The summed E-state index contributed by atoms with van der Waals surface area (Å²) >= 11 is 0. The number of hydrogen-bond donors (Lipinski definition) is 0. The molecule has 0 saturated carbocycles. The monoisotopic (exact) mass is 339 g/mol. The fourth-order valence-electron chi connectivity index (χ4n) is 3.42. The molecule has 0 unspecified atom stereocenters. The molecule has 0 N–H and O–H groups in total. The van der Waals surface area contributed by atoms with Gasteiger partial charge in [0.15, 0.2) is 5.78 Å². The normalized spacial score (nSPS) is 14.5. The first kappa shape index (κ1) is 16.3. The molecule has 128 valence electrons. The third-order valence-corrected chi connectivity index (χ3v) is 4.81. The van der Waals surface area contributed by atoms with Crippen LogP contribution in [0.25, 0.3) is 5.57 Å². The summed E-state index contributed by atoms with van der Waals surface area (Å²) in [6.07, 6.45) is 1.80. The highest BCUT2D eigenvalue weighted by molar-refractivity contribution is 6.10. The van der Waals surface area contributed by atoms with Crippen LogP contribution in [0.5, 0.6) is 0 Å². The Kier molecular flexibility index (Phi) is 4.40. The number of carbonyl (C=O) groups excluding carboxylic acids is 1. The summed E-state index contributed by atoms with van der Waals surface area (Å²) in [7, 11) is 0. The number of aryl methyl sites for hydroxylation is 1. The lowest BCUT2D eigenvalue weighted by molar-refractivity contribution is 0.104. The molecule has 2 heteroatoms. The Bertz CT molecular complexity index is 955. The van der Waals surface area contributed by atoms with E-state index in [0.717, 1.165) is 35.4 Å². The number of nitrogens with zero attached hydrogens (tertiary/aromatic N) is 1. The number of carbonyl (C=O) groups is 1. The van der Waals surface area contributed by atoms with Crippen molar-refractivity contribution in [3.8, 4) is 0 Å². The van der Waals surface area contributed by atoms with E-state index >= 15 is 0 Å². The predicted octanol–water partition coefficient (Wildman–Crippen LogP) is 5.28. The summed E-state index contributed by atoms with van der Waals surface area (Å²) in [6, 6.07) is 26.5. The van der Waals surface area contributed by atoms with Crippen molar-refractivity contribution in [3.63, 3.8) is 0 Å². The molecular formula is C24H21NO. The maximum absolute atomic E-state index is 12.7. The highest BCUT2D eigenvalue weighted by Crippen LogP contribution is 2.36. The smallest absolute Gasteiger partial charge is 0.186 e. The van der Waals surface area contributed by atoms with Crippen molar-refractivity contribution in [1.29, 1.82) is 0 Å². The first-order valence-electron chi connectivity index (χ1n) is 8.90.